The number of aromatic carboxylic acids is 1. The average molecular weight is 292 g/mol. The third-order valence-corrected chi connectivity index (χ3v) is 4.03. The summed E-state index contributed by atoms with van der Waals surface area (Å²) in [6, 6.07) is 3.21. The second-order valence-corrected chi connectivity index (χ2v) is 5.41. The van der Waals surface area contributed by atoms with Crippen LogP contribution in [0.4, 0.5) is 5.69 Å². The van der Waals surface area contributed by atoms with E-state index in [-0.39, 0.29) is 11.3 Å². The summed E-state index contributed by atoms with van der Waals surface area (Å²) >= 11 is 1.59. The third kappa shape index (κ3) is 3.08. The van der Waals surface area contributed by atoms with Gasteiger partial charge in [-0.2, -0.15) is 0 Å². The molecule has 5 nitrogen and oxygen atoms in total. The third-order valence-electron chi connectivity index (χ3n) is 3.03. The number of hydrogen-bond acceptors (Lipinski definition) is 5. The number of ether oxygens (including phenoxy) is 1. The summed E-state index contributed by atoms with van der Waals surface area (Å²) in [6.45, 7) is 4.20. The van der Waals surface area contributed by atoms with Crippen molar-refractivity contribution in [3.8, 4) is 5.75 Å². The Kier molecular flexibility index (Phi) is 4.24. The molecule has 0 amide bonds. The van der Waals surface area contributed by atoms with E-state index in [9.17, 15) is 4.79 Å². The van der Waals surface area contributed by atoms with Gasteiger partial charge in [0.25, 0.3) is 0 Å². The summed E-state index contributed by atoms with van der Waals surface area (Å²) in [5.41, 5.74) is 9.61. The van der Waals surface area contributed by atoms with Crippen LogP contribution in [-0.4, -0.2) is 22.7 Å². The van der Waals surface area contributed by atoms with E-state index in [1.807, 2.05) is 6.92 Å². The Morgan fingerprint density at radius 2 is 2.20 bits per heavy atom. The Morgan fingerprint density at radius 3 is 2.80 bits per heavy atom. The number of carboxylic acid groups (broad SMARTS) is 1. The van der Waals surface area contributed by atoms with Gasteiger partial charge in [0.15, 0.2) is 0 Å². The van der Waals surface area contributed by atoms with Crippen molar-refractivity contribution in [2.75, 3.05) is 12.3 Å². The smallest absolute Gasteiger partial charge is 0.337 e. The molecule has 0 saturated heterocycles. The molecule has 2 aromatic rings. The van der Waals surface area contributed by atoms with Crippen LogP contribution in [0.2, 0.25) is 0 Å². The number of nitrogens with two attached hydrogens (primary N) is 1. The van der Waals surface area contributed by atoms with E-state index in [2.05, 4.69) is 4.98 Å². The lowest BCUT2D eigenvalue weighted by Crippen LogP contribution is -2.07. The monoisotopic (exact) mass is 292 g/mol. The fourth-order valence-electron chi connectivity index (χ4n) is 1.85. The van der Waals surface area contributed by atoms with Crippen molar-refractivity contribution in [1.82, 2.24) is 4.98 Å². The quantitative estimate of drug-likeness (QED) is 0.827. The topological polar surface area (TPSA) is 85.4 Å². The molecule has 3 N–H and O–H groups in total. The van der Waals surface area contributed by atoms with Gasteiger partial charge >= 0.3 is 5.97 Å². The molecule has 0 saturated carbocycles. The predicted molar refractivity (Wildman–Crippen MR) is 78.6 cm³/mol. The van der Waals surface area contributed by atoms with Crippen LogP contribution in [0, 0.1) is 13.8 Å². The number of anilines is 1. The van der Waals surface area contributed by atoms with Gasteiger partial charge in [0.05, 0.1) is 23.4 Å². The zero-order valence-corrected chi connectivity index (χ0v) is 12.2. The zero-order valence-electron chi connectivity index (χ0n) is 11.3. The molecular weight excluding hydrogens is 276 g/mol. The first-order valence-electron chi connectivity index (χ1n) is 6.14. The summed E-state index contributed by atoms with van der Waals surface area (Å²) in [5, 5.41) is 9.08. The predicted octanol–water partition coefficient (Wildman–Crippen LogP) is 2.66. The highest BCUT2D eigenvalue weighted by atomic mass is 32.1. The molecule has 0 aliphatic carbocycles. The van der Waals surface area contributed by atoms with Crippen LogP contribution in [-0.2, 0) is 6.42 Å². The standard InChI is InChI=1S/C14H16N2O3S/c1-8-5-10(6-11(13(8)15)14(17)18)19-4-3-12-9(2)16-7-20-12/h5-7H,3-4,15H2,1-2H3,(H,17,18). The number of carbonyl (C=O) groups is 1. The van der Waals surface area contributed by atoms with Gasteiger partial charge in [0, 0.05) is 17.0 Å². The summed E-state index contributed by atoms with van der Waals surface area (Å²) in [5.74, 6) is -0.523. The number of hydrogen-bond donors (Lipinski definition) is 2. The zero-order chi connectivity index (χ0) is 14.7. The fraction of sp³-hybridized carbons (Fsp3) is 0.286. The number of nitrogens with zero attached hydrogens (tertiary/aromatic N) is 1. The Bertz CT molecular complexity index is 637. The molecule has 0 radical (unpaired) electrons. The first kappa shape index (κ1) is 14.3. The maximum atomic E-state index is 11.1. The molecule has 1 heterocycles. The van der Waals surface area contributed by atoms with Crippen molar-refractivity contribution < 1.29 is 14.6 Å². The molecule has 6 heteroatoms. The number of aryl methyl sites for hydroxylation is 2. The van der Waals surface area contributed by atoms with E-state index < -0.39 is 5.97 Å². The number of carboxylic acids is 1. The van der Waals surface area contributed by atoms with Crippen molar-refractivity contribution in [3.63, 3.8) is 0 Å². The van der Waals surface area contributed by atoms with Crippen molar-refractivity contribution >= 4 is 23.0 Å². The molecule has 0 unspecified atom stereocenters. The lowest BCUT2D eigenvalue weighted by atomic mass is 10.1. The Labute approximate surface area is 121 Å². The minimum atomic E-state index is -1.05. The van der Waals surface area contributed by atoms with Gasteiger partial charge in [-0.05, 0) is 31.5 Å². The number of rotatable bonds is 5. The number of benzene rings is 1. The molecule has 20 heavy (non-hydrogen) atoms. The van der Waals surface area contributed by atoms with Gasteiger partial charge in [0.1, 0.15) is 5.75 Å². The number of thiazole rings is 1. The van der Waals surface area contributed by atoms with Crippen LogP contribution in [0.25, 0.3) is 0 Å². The van der Waals surface area contributed by atoms with Gasteiger partial charge in [0.2, 0.25) is 0 Å². The highest BCUT2D eigenvalue weighted by Gasteiger charge is 2.12. The average Bonchev–Trinajstić information content (AvgIpc) is 2.79. The van der Waals surface area contributed by atoms with Crippen LogP contribution < -0.4 is 10.5 Å². The molecule has 0 atom stereocenters. The summed E-state index contributed by atoms with van der Waals surface area (Å²) in [7, 11) is 0. The first-order chi connectivity index (χ1) is 9.49. The van der Waals surface area contributed by atoms with Gasteiger partial charge < -0.3 is 15.6 Å². The van der Waals surface area contributed by atoms with Gasteiger partial charge in [-0.25, -0.2) is 9.78 Å². The minimum Gasteiger partial charge on any atom is -0.493 e. The number of aromatic nitrogens is 1. The van der Waals surface area contributed by atoms with Crippen LogP contribution in [0.1, 0.15) is 26.5 Å². The van der Waals surface area contributed by atoms with Crippen LogP contribution in [0.15, 0.2) is 17.6 Å². The molecule has 1 aromatic carbocycles. The van der Waals surface area contributed by atoms with E-state index in [1.54, 1.807) is 29.8 Å². The lowest BCUT2D eigenvalue weighted by Gasteiger charge is -2.10. The van der Waals surface area contributed by atoms with Crippen molar-refractivity contribution in [3.05, 3.63) is 39.3 Å². The summed E-state index contributed by atoms with van der Waals surface area (Å²) in [6.07, 6.45) is 0.752. The molecule has 0 fully saturated rings. The second-order valence-electron chi connectivity index (χ2n) is 4.47. The first-order valence-corrected chi connectivity index (χ1v) is 7.02. The van der Waals surface area contributed by atoms with E-state index in [0.717, 1.165) is 12.1 Å². The van der Waals surface area contributed by atoms with Crippen molar-refractivity contribution in [2.45, 2.75) is 20.3 Å². The fourth-order valence-corrected chi connectivity index (χ4v) is 2.62. The van der Waals surface area contributed by atoms with E-state index in [4.69, 9.17) is 15.6 Å². The Hall–Kier alpha value is -2.08. The van der Waals surface area contributed by atoms with Crippen molar-refractivity contribution in [1.29, 1.82) is 0 Å². The minimum absolute atomic E-state index is 0.0778. The maximum absolute atomic E-state index is 11.1. The molecule has 0 aliphatic heterocycles. The number of nitrogen functional groups attached to an aromatic ring is 1. The van der Waals surface area contributed by atoms with E-state index in [1.165, 1.54) is 10.9 Å². The second kappa shape index (κ2) is 5.92. The van der Waals surface area contributed by atoms with E-state index in [0.29, 0.717) is 17.9 Å². The van der Waals surface area contributed by atoms with Crippen LogP contribution in [0.3, 0.4) is 0 Å². The molecule has 0 spiro atoms. The van der Waals surface area contributed by atoms with Crippen LogP contribution >= 0.6 is 11.3 Å². The van der Waals surface area contributed by atoms with Crippen LogP contribution in [0.5, 0.6) is 5.75 Å². The molecule has 2 rings (SSSR count). The molecule has 0 aliphatic rings. The largest absolute Gasteiger partial charge is 0.493 e. The highest BCUT2D eigenvalue weighted by molar-refractivity contribution is 7.09. The Balaban J connectivity index is 2.06. The summed E-state index contributed by atoms with van der Waals surface area (Å²) < 4.78 is 5.62. The normalized spacial score (nSPS) is 10.5. The highest BCUT2D eigenvalue weighted by Crippen LogP contribution is 2.24. The molecule has 1 aromatic heterocycles. The molecular formula is C14H16N2O3S. The van der Waals surface area contributed by atoms with Gasteiger partial charge in [-0.1, -0.05) is 0 Å². The maximum Gasteiger partial charge on any atom is 0.337 e. The van der Waals surface area contributed by atoms with Gasteiger partial charge in [-0.3, -0.25) is 0 Å². The molecule has 0 bridgehead atoms. The van der Waals surface area contributed by atoms with Gasteiger partial charge in [-0.15, -0.1) is 11.3 Å². The van der Waals surface area contributed by atoms with E-state index >= 15 is 0 Å². The SMILES string of the molecule is Cc1cc(OCCc2scnc2C)cc(C(=O)O)c1N. The molecule has 106 valence electrons. The van der Waals surface area contributed by atoms with Crippen molar-refractivity contribution in [2.24, 2.45) is 0 Å². The summed E-state index contributed by atoms with van der Waals surface area (Å²) in [4.78, 5) is 16.4. The Morgan fingerprint density at radius 1 is 1.45 bits per heavy atom. The lowest BCUT2D eigenvalue weighted by molar-refractivity contribution is 0.0697.